The van der Waals surface area contributed by atoms with Gasteiger partial charge < -0.3 is 10.6 Å². The fourth-order valence-electron chi connectivity index (χ4n) is 2.60. The first kappa shape index (κ1) is 14.8. The van der Waals surface area contributed by atoms with E-state index in [4.69, 9.17) is 0 Å². The number of hydrogen-bond donors (Lipinski definition) is 2. The minimum atomic E-state index is -0.763. The van der Waals surface area contributed by atoms with Gasteiger partial charge in [-0.25, -0.2) is 0 Å². The Labute approximate surface area is 123 Å². The van der Waals surface area contributed by atoms with Gasteiger partial charge in [0, 0.05) is 4.88 Å². The summed E-state index contributed by atoms with van der Waals surface area (Å²) in [7, 11) is 0. The predicted octanol–water partition coefficient (Wildman–Crippen LogP) is 2.37. The second kappa shape index (κ2) is 6.70. The van der Waals surface area contributed by atoms with Crippen LogP contribution in [-0.4, -0.2) is 17.4 Å². The summed E-state index contributed by atoms with van der Waals surface area (Å²) >= 11 is 1.61. The van der Waals surface area contributed by atoms with Crippen molar-refractivity contribution in [3.63, 3.8) is 0 Å². The first-order chi connectivity index (χ1) is 9.66. The van der Waals surface area contributed by atoms with Crippen LogP contribution in [0.5, 0.6) is 0 Å². The maximum atomic E-state index is 12.5. The standard InChI is InChI=1S/C15H20N2O2S/c1-2-13(18)17-15(8-4-3-5-9-15)14(19)16-11-12-7-6-10-20-12/h2,6-7,10H,1,3-5,8-9,11H2,(H,16,19)(H,17,18). The molecule has 1 heterocycles. The van der Waals surface area contributed by atoms with E-state index in [2.05, 4.69) is 17.2 Å². The molecule has 0 atom stereocenters. The molecule has 20 heavy (non-hydrogen) atoms. The summed E-state index contributed by atoms with van der Waals surface area (Å²) in [6.45, 7) is 3.98. The Balaban J connectivity index is 2.03. The fraction of sp³-hybridized carbons (Fsp3) is 0.467. The van der Waals surface area contributed by atoms with Crippen LogP contribution in [0.3, 0.4) is 0 Å². The second-order valence-corrected chi connectivity index (χ2v) is 6.13. The summed E-state index contributed by atoms with van der Waals surface area (Å²) in [4.78, 5) is 25.2. The van der Waals surface area contributed by atoms with Gasteiger partial charge in [-0.15, -0.1) is 11.3 Å². The summed E-state index contributed by atoms with van der Waals surface area (Å²) in [6, 6.07) is 3.95. The molecule has 0 bridgehead atoms. The molecule has 0 aliphatic heterocycles. The van der Waals surface area contributed by atoms with Crippen molar-refractivity contribution >= 4 is 23.2 Å². The van der Waals surface area contributed by atoms with E-state index in [-0.39, 0.29) is 11.8 Å². The lowest BCUT2D eigenvalue weighted by Crippen LogP contribution is -2.59. The predicted molar refractivity (Wildman–Crippen MR) is 80.3 cm³/mol. The van der Waals surface area contributed by atoms with E-state index < -0.39 is 5.54 Å². The van der Waals surface area contributed by atoms with Gasteiger partial charge in [-0.05, 0) is 30.4 Å². The molecule has 108 valence electrons. The van der Waals surface area contributed by atoms with Crippen LogP contribution >= 0.6 is 11.3 Å². The van der Waals surface area contributed by atoms with Gasteiger partial charge in [0.1, 0.15) is 5.54 Å². The average molecular weight is 292 g/mol. The Morgan fingerprint density at radius 3 is 2.70 bits per heavy atom. The van der Waals surface area contributed by atoms with Crippen molar-refractivity contribution in [2.45, 2.75) is 44.2 Å². The largest absolute Gasteiger partial charge is 0.349 e. The highest BCUT2D eigenvalue weighted by molar-refractivity contribution is 7.09. The number of nitrogens with one attached hydrogen (secondary N) is 2. The Morgan fingerprint density at radius 2 is 2.10 bits per heavy atom. The quantitative estimate of drug-likeness (QED) is 0.819. The Hall–Kier alpha value is -1.62. The summed E-state index contributed by atoms with van der Waals surface area (Å²) in [5, 5.41) is 7.78. The number of carbonyl (C=O) groups is 2. The molecule has 1 aromatic rings. The van der Waals surface area contributed by atoms with Gasteiger partial charge in [-0.1, -0.05) is 31.9 Å². The molecule has 5 heteroatoms. The first-order valence-corrected chi connectivity index (χ1v) is 7.79. The third-order valence-electron chi connectivity index (χ3n) is 3.69. The molecule has 1 fully saturated rings. The molecule has 1 saturated carbocycles. The number of amides is 2. The van der Waals surface area contributed by atoms with Crippen molar-refractivity contribution in [3.05, 3.63) is 35.0 Å². The lowest BCUT2D eigenvalue weighted by Gasteiger charge is -2.36. The van der Waals surface area contributed by atoms with Crippen LogP contribution < -0.4 is 10.6 Å². The molecular weight excluding hydrogens is 272 g/mol. The Kier molecular flexibility index (Phi) is 4.95. The first-order valence-electron chi connectivity index (χ1n) is 6.91. The minimum Gasteiger partial charge on any atom is -0.349 e. The molecule has 2 N–H and O–H groups in total. The number of rotatable bonds is 5. The van der Waals surface area contributed by atoms with Gasteiger partial charge in [0.2, 0.25) is 11.8 Å². The van der Waals surface area contributed by atoms with Crippen LogP contribution in [0.15, 0.2) is 30.2 Å². The molecule has 4 nitrogen and oxygen atoms in total. The van der Waals surface area contributed by atoms with E-state index in [9.17, 15) is 9.59 Å². The summed E-state index contributed by atoms with van der Waals surface area (Å²) < 4.78 is 0. The van der Waals surface area contributed by atoms with Gasteiger partial charge in [-0.2, -0.15) is 0 Å². The van der Waals surface area contributed by atoms with Crippen LogP contribution in [-0.2, 0) is 16.1 Å². The van der Waals surface area contributed by atoms with Crippen LogP contribution in [0.1, 0.15) is 37.0 Å². The number of hydrogen-bond acceptors (Lipinski definition) is 3. The summed E-state index contributed by atoms with van der Waals surface area (Å²) in [5.74, 6) is -0.362. The third kappa shape index (κ3) is 3.48. The van der Waals surface area contributed by atoms with Crippen LogP contribution in [0, 0.1) is 0 Å². The highest BCUT2D eigenvalue weighted by atomic mass is 32.1. The summed E-state index contributed by atoms with van der Waals surface area (Å²) in [5.41, 5.74) is -0.763. The van der Waals surface area contributed by atoms with Crippen LogP contribution in [0.25, 0.3) is 0 Å². The fourth-order valence-corrected chi connectivity index (χ4v) is 3.25. The van der Waals surface area contributed by atoms with Crippen LogP contribution in [0.4, 0.5) is 0 Å². The Bertz CT molecular complexity index is 476. The average Bonchev–Trinajstić information content (AvgIpc) is 2.98. The van der Waals surface area contributed by atoms with E-state index in [0.717, 1.165) is 24.1 Å². The number of carbonyl (C=O) groups excluding carboxylic acids is 2. The van der Waals surface area contributed by atoms with Gasteiger partial charge >= 0.3 is 0 Å². The molecule has 0 aromatic carbocycles. The van der Waals surface area contributed by atoms with Crippen molar-refractivity contribution in [2.24, 2.45) is 0 Å². The lowest BCUT2D eigenvalue weighted by molar-refractivity contribution is -0.133. The smallest absolute Gasteiger partial charge is 0.246 e. The maximum Gasteiger partial charge on any atom is 0.246 e. The molecule has 1 aromatic heterocycles. The minimum absolute atomic E-state index is 0.0826. The maximum absolute atomic E-state index is 12.5. The molecule has 2 amide bonds. The monoisotopic (exact) mass is 292 g/mol. The van der Waals surface area contributed by atoms with Gasteiger partial charge in [0.05, 0.1) is 6.54 Å². The van der Waals surface area contributed by atoms with Crippen molar-refractivity contribution in [2.75, 3.05) is 0 Å². The molecule has 0 spiro atoms. The molecule has 0 unspecified atom stereocenters. The SMILES string of the molecule is C=CC(=O)NC1(C(=O)NCc2cccs2)CCCCC1. The molecular formula is C15H20N2O2S. The van der Waals surface area contributed by atoms with E-state index in [1.807, 2.05) is 17.5 Å². The van der Waals surface area contributed by atoms with E-state index in [1.54, 1.807) is 11.3 Å². The zero-order chi connectivity index (χ0) is 14.4. The van der Waals surface area contributed by atoms with Crippen molar-refractivity contribution in [1.82, 2.24) is 10.6 Å². The zero-order valence-corrected chi connectivity index (χ0v) is 12.3. The molecule has 1 aliphatic carbocycles. The normalized spacial score (nSPS) is 17.2. The van der Waals surface area contributed by atoms with E-state index in [1.165, 1.54) is 6.08 Å². The van der Waals surface area contributed by atoms with Crippen molar-refractivity contribution in [1.29, 1.82) is 0 Å². The molecule has 2 rings (SSSR count). The highest BCUT2D eigenvalue weighted by Gasteiger charge is 2.40. The van der Waals surface area contributed by atoms with E-state index in [0.29, 0.717) is 19.4 Å². The molecule has 0 saturated heterocycles. The highest BCUT2D eigenvalue weighted by Crippen LogP contribution is 2.28. The summed E-state index contributed by atoms with van der Waals surface area (Å²) in [6.07, 6.45) is 5.66. The van der Waals surface area contributed by atoms with Crippen LogP contribution in [0.2, 0.25) is 0 Å². The molecule has 0 radical (unpaired) electrons. The van der Waals surface area contributed by atoms with Gasteiger partial charge in [-0.3, -0.25) is 9.59 Å². The van der Waals surface area contributed by atoms with Crippen molar-refractivity contribution < 1.29 is 9.59 Å². The second-order valence-electron chi connectivity index (χ2n) is 5.10. The molecule has 1 aliphatic rings. The van der Waals surface area contributed by atoms with Gasteiger partial charge in [0.15, 0.2) is 0 Å². The van der Waals surface area contributed by atoms with Crippen molar-refractivity contribution in [3.8, 4) is 0 Å². The van der Waals surface area contributed by atoms with E-state index >= 15 is 0 Å². The van der Waals surface area contributed by atoms with Gasteiger partial charge in [0.25, 0.3) is 0 Å². The lowest BCUT2D eigenvalue weighted by atomic mass is 9.80. The zero-order valence-electron chi connectivity index (χ0n) is 11.5. The number of thiophene rings is 1. The topological polar surface area (TPSA) is 58.2 Å². The third-order valence-corrected chi connectivity index (χ3v) is 4.57. The Morgan fingerprint density at radius 1 is 1.35 bits per heavy atom.